The highest BCUT2D eigenvalue weighted by molar-refractivity contribution is 7.89. The number of aromatic nitrogens is 1. The molecule has 0 atom stereocenters. The number of hydrogen-bond acceptors (Lipinski definition) is 7. The van der Waals surface area contributed by atoms with Crippen molar-refractivity contribution in [2.75, 3.05) is 26.0 Å². The van der Waals surface area contributed by atoms with Crippen molar-refractivity contribution in [2.24, 2.45) is 10.9 Å². The van der Waals surface area contributed by atoms with Gasteiger partial charge in [-0.25, -0.2) is 17.7 Å². The Kier molecular flexibility index (Phi) is 7.59. The van der Waals surface area contributed by atoms with E-state index in [0.717, 1.165) is 4.31 Å². The van der Waals surface area contributed by atoms with Crippen molar-refractivity contribution in [3.8, 4) is 11.6 Å². The highest BCUT2D eigenvalue weighted by Crippen LogP contribution is 2.19. The van der Waals surface area contributed by atoms with Gasteiger partial charge in [0.05, 0.1) is 4.90 Å². The van der Waals surface area contributed by atoms with Crippen molar-refractivity contribution in [3.05, 3.63) is 78.5 Å². The van der Waals surface area contributed by atoms with Crippen molar-refractivity contribution < 1.29 is 22.8 Å². The number of rotatable bonds is 9. The van der Waals surface area contributed by atoms with Crippen molar-refractivity contribution in [2.45, 2.75) is 4.90 Å². The smallest absolute Gasteiger partial charge is 0.265 e. The number of nitrogens with two attached hydrogens (primary N) is 1. The summed E-state index contributed by atoms with van der Waals surface area (Å²) in [5.74, 6) is 0.534. The molecule has 0 aliphatic rings. The van der Waals surface area contributed by atoms with Crippen molar-refractivity contribution in [3.63, 3.8) is 0 Å². The summed E-state index contributed by atoms with van der Waals surface area (Å²) >= 11 is 0. The first-order valence-electron chi connectivity index (χ1n) is 9.73. The lowest BCUT2D eigenvalue weighted by Gasteiger charge is -2.12. The zero-order chi connectivity index (χ0) is 23.8. The van der Waals surface area contributed by atoms with Crippen LogP contribution >= 0.6 is 0 Å². The van der Waals surface area contributed by atoms with Gasteiger partial charge in [-0.05, 0) is 36.4 Å². The summed E-state index contributed by atoms with van der Waals surface area (Å²) in [5, 5.41) is 6.27. The number of nitrogens with one attached hydrogen (secondary N) is 1. The molecule has 0 fully saturated rings. The van der Waals surface area contributed by atoms with Crippen LogP contribution in [0.4, 0.5) is 5.69 Å². The van der Waals surface area contributed by atoms with Crippen LogP contribution in [0.2, 0.25) is 0 Å². The summed E-state index contributed by atoms with van der Waals surface area (Å²) in [7, 11) is -0.764. The molecule has 33 heavy (non-hydrogen) atoms. The average molecular weight is 470 g/mol. The molecule has 2 aromatic carbocycles. The number of para-hydroxylation sites is 1. The zero-order valence-corrected chi connectivity index (χ0v) is 18.8. The van der Waals surface area contributed by atoms with Gasteiger partial charge < -0.3 is 20.6 Å². The molecule has 172 valence electrons. The molecule has 0 saturated carbocycles. The lowest BCUT2D eigenvalue weighted by Crippen LogP contribution is -2.23. The third kappa shape index (κ3) is 6.51. The minimum absolute atomic E-state index is 0.0284. The van der Waals surface area contributed by atoms with Gasteiger partial charge in [-0.2, -0.15) is 0 Å². The number of nitrogens with zero attached hydrogens (tertiary/aromatic N) is 3. The molecule has 0 unspecified atom stereocenters. The molecule has 1 heterocycles. The molecule has 1 aromatic heterocycles. The molecule has 3 N–H and O–H groups in total. The van der Waals surface area contributed by atoms with E-state index < -0.39 is 22.5 Å². The summed E-state index contributed by atoms with van der Waals surface area (Å²) in [5.41, 5.74) is 6.66. The molecule has 0 aliphatic carbocycles. The Balaban J connectivity index is 1.54. The van der Waals surface area contributed by atoms with Crippen LogP contribution in [0.15, 0.2) is 83.0 Å². The Morgan fingerprint density at radius 1 is 1.09 bits per heavy atom. The fourth-order valence-electron chi connectivity index (χ4n) is 2.56. The third-order valence-corrected chi connectivity index (χ3v) is 6.06. The van der Waals surface area contributed by atoms with Crippen LogP contribution in [-0.2, 0) is 19.7 Å². The van der Waals surface area contributed by atoms with E-state index in [4.69, 9.17) is 15.3 Å². The van der Waals surface area contributed by atoms with E-state index in [2.05, 4.69) is 15.5 Å². The summed E-state index contributed by atoms with van der Waals surface area (Å²) in [6, 6.07) is 18.4. The number of oxime groups is 1. The van der Waals surface area contributed by atoms with Gasteiger partial charge >= 0.3 is 0 Å². The first-order chi connectivity index (χ1) is 15.8. The van der Waals surface area contributed by atoms with E-state index in [0.29, 0.717) is 22.9 Å². The van der Waals surface area contributed by atoms with Crippen molar-refractivity contribution >= 4 is 27.5 Å². The largest absolute Gasteiger partial charge is 0.439 e. The van der Waals surface area contributed by atoms with E-state index in [1.165, 1.54) is 38.5 Å². The standard InChI is InChI=1S/C22H23N5O5S/c1-27(2)33(29,30)19-10-6-7-17(13-19)25-20(28)15-31-26-22(23)16-11-12-21(24-14-16)32-18-8-4-3-5-9-18/h3-14H,15H2,1-2H3,(H2,23,26)(H,25,28). The van der Waals surface area contributed by atoms with Crippen LogP contribution in [-0.4, -0.2) is 50.2 Å². The van der Waals surface area contributed by atoms with Crippen molar-refractivity contribution in [1.29, 1.82) is 0 Å². The number of amidine groups is 1. The number of pyridine rings is 1. The van der Waals surface area contributed by atoms with E-state index >= 15 is 0 Å². The third-order valence-electron chi connectivity index (χ3n) is 4.25. The Morgan fingerprint density at radius 2 is 1.85 bits per heavy atom. The molecular weight excluding hydrogens is 446 g/mol. The minimum atomic E-state index is -3.62. The molecule has 10 nitrogen and oxygen atoms in total. The number of carbonyl (C=O) groups excluding carboxylic acids is 1. The predicted octanol–water partition coefficient (Wildman–Crippen LogP) is 2.40. The highest BCUT2D eigenvalue weighted by atomic mass is 32.2. The highest BCUT2D eigenvalue weighted by Gasteiger charge is 2.17. The molecule has 3 rings (SSSR count). The summed E-state index contributed by atoms with van der Waals surface area (Å²) in [4.78, 5) is 21.3. The zero-order valence-electron chi connectivity index (χ0n) is 18.0. The molecule has 0 saturated heterocycles. The van der Waals surface area contributed by atoms with E-state index in [-0.39, 0.29) is 10.7 Å². The fourth-order valence-corrected chi connectivity index (χ4v) is 3.50. The molecule has 0 aliphatic heterocycles. The number of carbonyl (C=O) groups is 1. The Morgan fingerprint density at radius 3 is 2.52 bits per heavy atom. The van der Waals surface area contributed by atoms with Crippen molar-refractivity contribution in [1.82, 2.24) is 9.29 Å². The van der Waals surface area contributed by atoms with Crippen LogP contribution in [0.1, 0.15) is 5.56 Å². The lowest BCUT2D eigenvalue weighted by atomic mass is 10.3. The summed E-state index contributed by atoms with van der Waals surface area (Å²) in [6.07, 6.45) is 1.47. The maximum absolute atomic E-state index is 12.2. The Labute approximate surface area is 191 Å². The number of anilines is 1. The summed E-state index contributed by atoms with van der Waals surface area (Å²) < 4.78 is 31.1. The van der Waals surface area contributed by atoms with Gasteiger partial charge in [0.1, 0.15) is 5.75 Å². The molecule has 11 heteroatoms. The Hall–Kier alpha value is -3.96. The van der Waals surface area contributed by atoms with Gasteiger partial charge in [-0.1, -0.05) is 29.4 Å². The topological polar surface area (TPSA) is 136 Å². The first-order valence-corrected chi connectivity index (χ1v) is 11.2. The SMILES string of the molecule is CN(C)S(=O)(=O)c1cccc(NC(=O)CO/N=C(/N)c2ccc(Oc3ccccc3)nc2)c1. The van der Waals surface area contributed by atoms with Crippen LogP contribution in [0.5, 0.6) is 11.6 Å². The number of sulfonamides is 1. The van der Waals surface area contributed by atoms with E-state index in [9.17, 15) is 13.2 Å². The van der Waals surface area contributed by atoms with Crippen LogP contribution in [0, 0.1) is 0 Å². The second-order valence-electron chi connectivity index (χ2n) is 6.91. The van der Waals surface area contributed by atoms with Gasteiger partial charge in [0.2, 0.25) is 15.9 Å². The number of ether oxygens (including phenoxy) is 1. The number of hydrogen-bond donors (Lipinski definition) is 2. The van der Waals surface area contributed by atoms with Crippen LogP contribution in [0.25, 0.3) is 0 Å². The van der Waals surface area contributed by atoms with Crippen LogP contribution < -0.4 is 15.8 Å². The number of benzene rings is 2. The van der Waals surface area contributed by atoms with Gasteiger partial charge in [0, 0.05) is 37.6 Å². The average Bonchev–Trinajstić information content (AvgIpc) is 2.80. The first kappa shape index (κ1) is 23.7. The quantitative estimate of drug-likeness (QED) is 0.279. The molecule has 1 amide bonds. The van der Waals surface area contributed by atoms with Gasteiger partial charge in [-0.15, -0.1) is 0 Å². The number of amides is 1. The Bertz CT molecular complexity index is 1230. The maximum atomic E-state index is 12.2. The summed E-state index contributed by atoms with van der Waals surface area (Å²) in [6.45, 7) is -0.423. The minimum Gasteiger partial charge on any atom is -0.439 e. The molecule has 3 aromatic rings. The molecular formula is C22H23N5O5S. The lowest BCUT2D eigenvalue weighted by molar-refractivity contribution is -0.120. The van der Waals surface area contributed by atoms with Gasteiger partial charge in [-0.3, -0.25) is 4.79 Å². The molecule has 0 bridgehead atoms. The molecule has 0 radical (unpaired) electrons. The normalized spacial score (nSPS) is 11.8. The van der Waals surface area contributed by atoms with Crippen LogP contribution in [0.3, 0.4) is 0 Å². The van der Waals surface area contributed by atoms with E-state index in [1.807, 2.05) is 30.3 Å². The molecule has 0 spiro atoms. The fraction of sp³-hybridized carbons (Fsp3) is 0.136. The second-order valence-corrected chi connectivity index (χ2v) is 9.07. The van der Waals surface area contributed by atoms with Gasteiger partial charge in [0.15, 0.2) is 12.4 Å². The second kappa shape index (κ2) is 10.6. The van der Waals surface area contributed by atoms with E-state index in [1.54, 1.807) is 18.2 Å². The van der Waals surface area contributed by atoms with Gasteiger partial charge in [0.25, 0.3) is 5.91 Å². The predicted molar refractivity (Wildman–Crippen MR) is 123 cm³/mol. The monoisotopic (exact) mass is 469 g/mol. The maximum Gasteiger partial charge on any atom is 0.265 e.